The van der Waals surface area contributed by atoms with Crippen LogP contribution >= 0.6 is 0 Å². The van der Waals surface area contributed by atoms with Crippen molar-refractivity contribution in [2.24, 2.45) is 0 Å². The molecule has 0 N–H and O–H groups in total. The van der Waals surface area contributed by atoms with Crippen molar-refractivity contribution in [3.05, 3.63) is 65.4 Å². The Balaban J connectivity index is 1.58. The van der Waals surface area contributed by atoms with Gasteiger partial charge in [-0.3, -0.25) is 4.79 Å². The number of nitrogens with zero attached hydrogens (tertiary/aromatic N) is 1. The number of rotatable bonds is 8. The molecule has 2 aromatic carbocycles. The first kappa shape index (κ1) is 22.4. The van der Waals surface area contributed by atoms with Crippen molar-refractivity contribution in [2.45, 2.75) is 45.7 Å². The van der Waals surface area contributed by atoms with E-state index in [1.165, 1.54) is 5.56 Å². The van der Waals surface area contributed by atoms with E-state index in [2.05, 4.69) is 13.0 Å². The Morgan fingerprint density at radius 3 is 2.53 bits per heavy atom. The van der Waals surface area contributed by atoms with Crippen molar-refractivity contribution in [1.29, 1.82) is 0 Å². The highest BCUT2D eigenvalue weighted by Gasteiger charge is 2.35. The second-order valence-corrected chi connectivity index (χ2v) is 10.5. The van der Waals surface area contributed by atoms with Gasteiger partial charge in [0.25, 0.3) is 0 Å². The van der Waals surface area contributed by atoms with E-state index in [-0.39, 0.29) is 29.9 Å². The van der Waals surface area contributed by atoms with Gasteiger partial charge in [-0.1, -0.05) is 25.1 Å². The van der Waals surface area contributed by atoms with Crippen molar-refractivity contribution in [3.8, 4) is 5.75 Å². The fourth-order valence-electron chi connectivity index (χ4n) is 4.25. The van der Waals surface area contributed by atoms with Gasteiger partial charge in [0.15, 0.2) is 9.84 Å². The molecule has 1 aliphatic rings. The molecule has 0 saturated carbocycles. The van der Waals surface area contributed by atoms with E-state index in [1.54, 1.807) is 11.2 Å². The quantitative estimate of drug-likeness (QED) is 0.510. The van der Waals surface area contributed by atoms with Gasteiger partial charge < -0.3 is 14.1 Å². The van der Waals surface area contributed by atoms with E-state index >= 15 is 0 Å². The van der Waals surface area contributed by atoms with Gasteiger partial charge in [0.2, 0.25) is 5.91 Å². The minimum atomic E-state index is -3.12. The predicted molar refractivity (Wildman–Crippen MR) is 125 cm³/mol. The average Bonchev–Trinajstić information content (AvgIpc) is 3.35. The summed E-state index contributed by atoms with van der Waals surface area (Å²) >= 11 is 0. The molecule has 170 valence electrons. The molecule has 6 nitrogen and oxygen atoms in total. The first-order valence-electron chi connectivity index (χ1n) is 11.1. The lowest BCUT2D eigenvalue weighted by Gasteiger charge is -2.28. The maximum atomic E-state index is 13.4. The Morgan fingerprint density at radius 1 is 1.12 bits per heavy atom. The molecule has 0 aliphatic carbocycles. The molecule has 1 fully saturated rings. The highest BCUT2D eigenvalue weighted by molar-refractivity contribution is 7.91. The topological polar surface area (TPSA) is 76.8 Å². The van der Waals surface area contributed by atoms with Crippen molar-refractivity contribution in [1.82, 2.24) is 4.90 Å². The van der Waals surface area contributed by atoms with Crippen LogP contribution in [0.5, 0.6) is 5.75 Å². The zero-order valence-electron chi connectivity index (χ0n) is 18.5. The summed E-state index contributed by atoms with van der Waals surface area (Å²) in [5, 5.41) is 0.942. The van der Waals surface area contributed by atoms with Crippen LogP contribution < -0.4 is 4.74 Å². The number of sulfone groups is 1. The predicted octanol–water partition coefficient (Wildman–Crippen LogP) is 4.15. The summed E-state index contributed by atoms with van der Waals surface area (Å²) in [6, 6.07) is 13.3. The van der Waals surface area contributed by atoms with Crippen LogP contribution in [0.1, 0.15) is 37.0 Å². The third-order valence-electron chi connectivity index (χ3n) is 6.02. The van der Waals surface area contributed by atoms with E-state index in [0.717, 1.165) is 34.3 Å². The number of aryl methyl sites for hydroxylation is 1. The van der Waals surface area contributed by atoms with Crippen LogP contribution in [-0.2, 0) is 34.0 Å². The van der Waals surface area contributed by atoms with Crippen LogP contribution in [0.15, 0.2) is 53.1 Å². The van der Waals surface area contributed by atoms with Crippen LogP contribution in [0.3, 0.4) is 0 Å². The highest BCUT2D eigenvalue weighted by atomic mass is 32.2. The molecule has 2 heterocycles. The number of hydrogen-bond donors (Lipinski definition) is 0. The van der Waals surface area contributed by atoms with Gasteiger partial charge in [0, 0.05) is 23.5 Å². The third kappa shape index (κ3) is 4.99. The minimum Gasteiger partial charge on any atom is -0.494 e. The summed E-state index contributed by atoms with van der Waals surface area (Å²) < 4.78 is 35.4. The van der Waals surface area contributed by atoms with E-state index in [9.17, 15) is 13.2 Å². The van der Waals surface area contributed by atoms with Crippen molar-refractivity contribution in [2.75, 3.05) is 18.1 Å². The first-order valence-corrected chi connectivity index (χ1v) is 12.9. The molecule has 1 saturated heterocycles. The molecule has 1 amide bonds. The van der Waals surface area contributed by atoms with Crippen molar-refractivity contribution in [3.63, 3.8) is 0 Å². The number of ether oxygens (including phenoxy) is 1. The number of fused-ring (bicyclic) bond motifs is 1. The molecule has 0 bridgehead atoms. The fraction of sp³-hybridized carbons (Fsp3) is 0.400. The molecule has 0 unspecified atom stereocenters. The highest BCUT2D eigenvalue weighted by Crippen LogP contribution is 2.26. The van der Waals surface area contributed by atoms with Crippen LogP contribution in [0, 0.1) is 0 Å². The van der Waals surface area contributed by atoms with E-state index in [1.807, 2.05) is 43.3 Å². The number of benzene rings is 2. The molecular formula is C25H29NO5S. The molecule has 7 heteroatoms. The Bertz CT molecular complexity index is 1200. The van der Waals surface area contributed by atoms with Crippen LogP contribution in [0.4, 0.5) is 0 Å². The number of hydrogen-bond acceptors (Lipinski definition) is 5. The second kappa shape index (κ2) is 9.36. The van der Waals surface area contributed by atoms with Crippen LogP contribution in [0.25, 0.3) is 11.0 Å². The minimum absolute atomic E-state index is 0.0158. The van der Waals surface area contributed by atoms with Crippen LogP contribution in [-0.4, -0.2) is 43.4 Å². The smallest absolute Gasteiger partial charge is 0.227 e. The summed E-state index contributed by atoms with van der Waals surface area (Å²) in [6.45, 7) is 4.97. The van der Waals surface area contributed by atoms with Crippen molar-refractivity contribution >= 4 is 26.7 Å². The summed E-state index contributed by atoms with van der Waals surface area (Å²) in [7, 11) is -3.12. The van der Waals surface area contributed by atoms with Gasteiger partial charge in [-0.05, 0) is 55.2 Å². The van der Waals surface area contributed by atoms with Gasteiger partial charge in [-0.2, -0.15) is 0 Å². The average molecular weight is 456 g/mol. The maximum Gasteiger partial charge on any atom is 0.227 e. The summed E-state index contributed by atoms with van der Waals surface area (Å²) in [4.78, 5) is 15.2. The number of carbonyl (C=O) groups is 1. The SMILES string of the molecule is CCOc1ccc(CN(C(=O)Cc2coc3ccc(CC)cc23)[C@@H]2CCS(=O)(=O)C2)cc1. The second-order valence-electron chi connectivity index (χ2n) is 8.28. The molecule has 3 aromatic rings. The molecule has 1 aromatic heterocycles. The molecule has 4 rings (SSSR count). The van der Waals surface area contributed by atoms with E-state index in [4.69, 9.17) is 9.15 Å². The number of furan rings is 1. The molecule has 0 spiro atoms. The lowest BCUT2D eigenvalue weighted by Crippen LogP contribution is -2.41. The normalized spacial score (nSPS) is 17.5. The molecular weight excluding hydrogens is 426 g/mol. The molecule has 32 heavy (non-hydrogen) atoms. The Hall–Kier alpha value is -2.80. The largest absolute Gasteiger partial charge is 0.494 e. The maximum absolute atomic E-state index is 13.4. The molecule has 1 aliphatic heterocycles. The standard InChI is InChI=1S/C25H29NO5S/c1-3-18-7-10-24-23(13-18)20(16-31-24)14-25(27)26(21-11-12-32(28,29)17-21)15-19-5-8-22(9-6-19)30-4-2/h5-10,13,16,21H,3-4,11-12,14-15,17H2,1-2H3/t21-/m1/s1. The summed E-state index contributed by atoms with van der Waals surface area (Å²) in [5.74, 6) is 0.820. The Morgan fingerprint density at radius 2 is 1.88 bits per heavy atom. The van der Waals surface area contributed by atoms with Gasteiger partial charge in [-0.15, -0.1) is 0 Å². The van der Waals surface area contributed by atoms with Crippen LogP contribution in [0.2, 0.25) is 0 Å². The zero-order valence-corrected chi connectivity index (χ0v) is 19.4. The monoisotopic (exact) mass is 455 g/mol. The van der Waals surface area contributed by atoms with E-state index in [0.29, 0.717) is 19.6 Å². The Labute approximate surface area is 189 Å². The molecule has 1 atom stereocenters. The zero-order chi connectivity index (χ0) is 22.7. The van der Waals surface area contributed by atoms with Gasteiger partial charge >= 0.3 is 0 Å². The van der Waals surface area contributed by atoms with Gasteiger partial charge in [-0.25, -0.2) is 8.42 Å². The van der Waals surface area contributed by atoms with Gasteiger partial charge in [0.05, 0.1) is 30.8 Å². The van der Waals surface area contributed by atoms with E-state index < -0.39 is 9.84 Å². The Kier molecular flexibility index (Phi) is 6.55. The number of carbonyl (C=O) groups excluding carboxylic acids is 1. The fourth-order valence-corrected chi connectivity index (χ4v) is 5.98. The summed E-state index contributed by atoms with van der Waals surface area (Å²) in [6.07, 6.45) is 3.19. The molecule has 0 radical (unpaired) electrons. The lowest BCUT2D eigenvalue weighted by atomic mass is 10.0. The number of amides is 1. The van der Waals surface area contributed by atoms with Crippen molar-refractivity contribution < 1.29 is 22.4 Å². The summed E-state index contributed by atoms with van der Waals surface area (Å²) in [5.41, 5.74) is 3.71. The van der Waals surface area contributed by atoms with Gasteiger partial charge in [0.1, 0.15) is 11.3 Å². The first-order chi connectivity index (χ1) is 15.4. The lowest BCUT2D eigenvalue weighted by molar-refractivity contribution is -0.133. The third-order valence-corrected chi connectivity index (χ3v) is 7.78.